The van der Waals surface area contributed by atoms with Gasteiger partial charge in [-0.15, -0.1) is 0 Å². The summed E-state index contributed by atoms with van der Waals surface area (Å²) in [5.41, 5.74) is 1.57. The van der Waals surface area contributed by atoms with Crippen LogP contribution in [-0.2, 0) is 20.7 Å². The van der Waals surface area contributed by atoms with Crippen LogP contribution in [0.1, 0.15) is 48.0 Å². The van der Waals surface area contributed by atoms with Gasteiger partial charge in [-0.1, -0.05) is 60.7 Å². The average molecular weight is 477 g/mol. The lowest BCUT2D eigenvalue weighted by atomic mass is 9.88. The molecule has 2 N–H and O–H groups in total. The third-order valence-electron chi connectivity index (χ3n) is 5.62. The minimum atomic E-state index is -0.767. The van der Waals surface area contributed by atoms with Gasteiger partial charge in [0.15, 0.2) is 0 Å². The maximum Gasteiger partial charge on any atom is 0.328 e. The van der Waals surface area contributed by atoms with Crippen molar-refractivity contribution < 1.29 is 19.1 Å². The lowest BCUT2D eigenvalue weighted by molar-refractivity contribution is -0.145. The van der Waals surface area contributed by atoms with Crippen molar-refractivity contribution in [2.45, 2.75) is 44.6 Å². The van der Waals surface area contributed by atoms with Gasteiger partial charge in [-0.25, -0.2) is 4.79 Å². The number of esters is 1. The summed E-state index contributed by atoms with van der Waals surface area (Å²) >= 11 is 12.2. The van der Waals surface area contributed by atoms with Crippen LogP contribution in [0, 0.1) is 5.92 Å². The molecule has 0 bridgehead atoms. The van der Waals surface area contributed by atoms with Crippen molar-refractivity contribution in [3.05, 3.63) is 63.6 Å². The number of rotatable bonds is 7. The predicted molar refractivity (Wildman–Crippen MR) is 125 cm³/mol. The maximum atomic E-state index is 12.6. The Labute approximate surface area is 197 Å². The van der Waals surface area contributed by atoms with Gasteiger partial charge >= 0.3 is 5.97 Å². The van der Waals surface area contributed by atoms with E-state index in [9.17, 15) is 14.4 Å². The van der Waals surface area contributed by atoms with E-state index in [0.29, 0.717) is 5.69 Å². The molecule has 1 aliphatic carbocycles. The van der Waals surface area contributed by atoms with Crippen LogP contribution >= 0.6 is 23.2 Å². The summed E-state index contributed by atoms with van der Waals surface area (Å²) in [7, 11) is 1.31. The number of hydrogen-bond donors (Lipinski definition) is 2. The number of methoxy groups -OCH3 is 1. The quantitative estimate of drug-likeness (QED) is 0.548. The molecule has 0 aromatic heterocycles. The number of amides is 2. The highest BCUT2D eigenvalue weighted by atomic mass is 35.5. The molecule has 0 radical (unpaired) electrons. The van der Waals surface area contributed by atoms with Crippen LogP contribution in [0.3, 0.4) is 0 Å². The zero-order chi connectivity index (χ0) is 23.1. The number of anilines is 1. The number of benzene rings is 2. The van der Waals surface area contributed by atoms with Crippen molar-refractivity contribution in [3.8, 4) is 0 Å². The number of halogens is 2. The van der Waals surface area contributed by atoms with Crippen LogP contribution in [0.2, 0.25) is 10.0 Å². The second-order valence-corrected chi connectivity index (χ2v) is 8.69. The SMILES string of the molecule is COC(=O)[C@H](Cc1ccc(NC(=O)c2c(Cl)cccc2Cl)cc1)NC(=O)C1CCCCC1. The molecule has 2 amide bonds. The van der Waals surface area contributed by atoms with Gasteiger partial charge in [0.1, 0.15) is 6.04 Å². The Bertz CT molecular complexity index is 952. The lowest BCUT2D eigenvalue weighted by Crippen LogP contribution is -2.45. The van der Waals surface area contributed by atoms with Gasteiger partial charge in [-0.05, 0) is 42.7 Å². The maximum absolute atomic E-state index is 12.6. The molecule has 2 aromatic rings. The Morgan fingerprint density at radius 1 is 1.00 bits per heavy atom. The first kappa shape index (κ1) is 24.1. The topological polar surface area (TPSA) is 84.5 Å². The average Bonchev–Trinajstić information content (AvgIpc) is 2.79. The minimum absolute atomic E-state index is 0.0508. The summed E-state index contributed by atoms with van der Waals surface area (Å²) in [4.78, 5) is 37.4. The third kappa shape index (κ3) is 6.24. The first-order chi connectivity index (χ1) is 15.4. The van der Waals surface area contributed by atoms with E-state index in [1.165, 1.54) is 7.11 Å². The van der Waals surface area contributed by atoms with Crippen molar-refractivity contribution in [1.82, 2.24) is 5.32 Å². The smallest absolute Gasteiger partial charge is 0.328 e. The normalized spacial score (nSPS) is 15.0. The Morgan fingerprint density at radius 3 is 2.22 bits per heavy atom. The van der Waals surface area contributed by atoms with E-state index in [2.05, 4.69) is 10.6 Å². The number of hydrogen-bond acceptors (Lipinski definition) is 4. The first-order valence-corrected chi connectivity index (χ1v) is 11.4. The molecule has 1 aliphatic rings. The Balaban J connectivity index is 1.64. The molecule has 2 aromatic carbocycles. The van der Waals surface area contributed by atoms with Crippen LogP contribution in [0.4, 0.5) is 5.69 Å². The van der Waals surface area contributed by atoms with E-state index in [-0.39, 0.29) is 33.9 Å². The first-order valence-electron chi connectivity index (χ1n) is 10.6. The molecule has 0 saturated heterocycles. The molecule has 8 heteroatoms. The molecule has 3 rings (SSSR count). The van der Waals surface area contributed by atoms with Crippen molar-refractivity contribution in [2.24, 2.45) is 5.92 Å². The van der Waals surface area contributed by atoms with Gasteiger partial charge in [-0.3, -0.25) is 9.59 Å². The molecule has 0 spiro atoms. The van der Waals surface area contributed by atoms with E-state index < -0.39 is 17.9 Å². The van der Waals surface area contributed by atoms with E-state index >= 15 is 0 Å². The molecule has 0 aliphatic heterocycles. The van der Waals surface area contributed by atoms with Gasteiger partial charge in [0.05, 0.1) is 22.7 Å². The Morgan fingerprint density at radius 2 is 1.62 bits per heavy atom. The summed E-state index contributed by atoms with van der Waals surface area (Å²) in [6.07, 6.45) is 5.21. The highest BCUT2D eigenvalue weighted by molar-refractivity contribution is 6.40. The lowest BCUT2D eigenvalue weighted by Gasteiger charge is -2.24. The molecular formula is C24H26Cl2N2O4. The largest absolute Gasteiger partial charge is 0.467 e. The van der Waals surface area contributed by atoms with Crippen molar-refractivity contribution in [1.29, 1.82) is 0 Å². The second-order valence-electron chi connectivity index (χ2n) is 7.87. The predicted octanol–water partition coefficient (Wildman–Crippen LogP) is 5.03. The van der Waals surface area contributed by atoms with Gasteiger partial charge in [0.2, 0.25) is 5.91 Å². The van der Waals surface area contributed by atoms with Crippen LogP contribution in [0.5, 0.6) is 0 Å². The van der Waals surface area contributed by atoms with E-state index in [1.54, 1.807) is 42.5 Å². The molecular weight excluding hydrogens is 451 g/mol. The summed E-state index contributed by atoms with van der Waals surface area (Å²) in [6, 6.07) is 11.1. The van der Waals surface area contributed by atoms with Crippen LogP contribution in [0.15, 0.2) is 42.5 Å². The van der Waals surface area contributed by atoms with E-state index in [1.807, 2.05) is 0 Å². The second kappa shape index (κ2) is 11.3. The standard InChI is InChI=1S/C24H26Cl2N2O4/c1-32-24(31)20(28-22(29)16-6-3-2-4-7-16)14-15-10-12-17(13-11-15)27-23(30)21-18(25)8-5-9-19(21)26/h5,8-13,16,20H,2-4,6-7,14H2,1H3,(H,27,30)(H,28,29)/t20-/m0/s1. The molecule has 0 unspecified atom stereocenters. The molecule has 6 nitrogen and oxygen atoms in total. The minimum Gasteiger partial charge on any atom is -0.467 e. The summed E-state index contributed by atoms with van der Waals surface area (Å²) in [5.74, 6) is -1.05. The van der Waals surface area contributed by atoms with E-state index in [4.69, 9.17) is 27.9 Å². The Kier molecular flexibility index (Phi) is 8.53. The summed E-state index contributed by atoms with van der Waals surface area (Å²) in [5, 5.41) is 6.14. The molecule has 170 valence electrons. The van der Waals surface area contributed by atoms with Crippen molar-refractivity contribution >= 4 is 46.7 Å². The van der Waals surface area contributed by atoms with Crippen molar-refractivity contribution in [2.75, 3.05) is 12.4 Å². The third-order valence-corrected chi connectivity index (χ3v) is 6.25. The summed E-state index contributed by atoms with van der Waals surface area (Å²) in [6.45, 7) is 0. The fourth-order valence-electron chi connectivity index (χ4n) is 3.86. The fourth-order valence-corrected chi connectivity index (χ4v) is 4.43. The number of carbonyl (C=O) groups is 3. The molecule has 1 fully saturated rings. The number of carbonyl (C=O) groups excluding carboxylic acids is 3. The monoisotopic (exact) mass is 476 g/mol. The highest BCUT2D eigenvalue weighted by Crippen LogP contribution is 2.26. The summed E-state index contributed by atoms with van der Waals surface area (Å²) < 4.78 is 4.88. The molecule has 1 atom stereocenters. The molecule has 32 heavy (non-hydrogen) atoms. The zero-order valence-electron chi connectivity index (χ0n) is 17.8. The molecule has 1 saturated carbocycles. The number of nitrogens with one attached hydrogen (secondary N) is 2. The van der Waals surface area contributed by atoms with Gasteiger partial charge < -0.3 is 15.4 Å². The number of ether oxygens (including phenoxy) is 1. The van der Waals surface area contributed by atoms with Crippen LogP contribution in [0.25, 0.3) is 0 Å². The van der Waals surface area contributed by atoms with Crippen molar-refractivity contribution in [3.63, 3.8) is 0 Å². The Hall–Kier alpha value is -2.57. The van der Waals surface area contributed by atoms with Gasteiger partial charge in [0, 0.05) is 18.0 Å². The fraction of sp³-hybridized carbons (Fsp3) is 0.375. The zero-order valence-corrected chi connectivity index (χ0v) is 19.3. The van der Waals surface area contributed by atoms with Crippen LogP contribution in [-0.4, -0.2) is 30.9 Å². The molecule has 0 heterocycles. The van der Waals surface area contributed by atoms with Gasteiger partial charge in [0.25, 0.3) is 5.91 Å². The van der Waals surface area contributed by atoms with Crippen LogP contribution < -0.4 is 10.6 Å². The van der Waals surface area contributed by atoms with E-state index in [0.717, 1.165) is 37.7 Å². The van der Waals surface area contributed by atoms with Gasteiger partial charge in [-0.2, -0.15) is 0 Å². The highest BCUT2D eigenvalue weighted by Gasteiger charge is 2.27.